The molecule has 8 N–H and O–H groups in total. The molecule has 0 saturated carbocycles. The number of carboxylic acids is 2. The molecule has 12 atom stereocenters. The molecule has 0 spiro atoms. The lowest BCUT2D eigenvalue weighted by atomic mass is 9.85. The largest absolute Gasteiger partial charge is 0.493 e. The Morgan fingerprint density at radius 1 is 0.604 bits per heavy atom. The Morgan fingerprint density at radius 3 is 1.27 bits per heavy atom. The fraction of sp³-hybridized carbons (Fsp3) is 0.562. The van der Waals surface area contributed by atoms with Crippen LogP contribution in [0.5, 0.6) is 23.0 Å². The number of aliphatic hydroxyl groups excluding tert-OH is 6. The van der Waals surface area contributed by atoms with Gasteiger partial charge in [0, 0.05) is 0 Å². The highest BCUT2D eigenvalue weighted by atomic mass is 16.7. The molecule has 0 amide bonds. The van der Waals surface area contributed by atoms with Crippen LogP contribution in [0, 0.1) is 11.8 Å². The van der Waals surface area contributed by atoms with E-state index in [-0.39, 0.29) is 34.8 Å². The van der Waals surface area contributed by atoms with Crippen molar-refractivity contribution in [3.63, 3.8) is 0 Å². The monoisotopic (exact) mass is 682 g/mol. The third kappa shape index (κ3) is 8.10. The van der Waals surface area contributed by atoms with Gasteiger partial charge in [-0.2, -0.15) is 0 Å². The number of benzene rings is 2. The summed E-state index contributed by atoms with van der Waals surface area (Å²) in [4.78, 5) is 23.0. The van der Waals surface area contributed by atoms with E-state index in [9.17, 15) is 50.4 Å². The number of carbonyl (C=O) groups is 2. The third-order valence-corrected chi connectivity index (χ3v) is 8.66. The van der Waals surface area contributed by atoms with Crippen molar-refractivity contribution < 1.29 is 78.9 Å². The van der Waals surface area contributed by atoms with Crippen LogP contribution in [0.15, 0.2) is 36.4 Å². The Balaban J connectivity index is 1.45. The smallest absolute Gasteiger partial charge is 0.335 e. The number of ether oxygens (including phenoxy) is 6. The highest BCUT2D eigenvalue weighted by molar-refractivity contribution is 5.74. The molecule has 2 aromatic rings. The minimum atomic E-state index is -1.86. The van der Waals surface area contributed by atoms with Crippen molar-refractivity contribution in [3.8, 4) is 23.0 Å². The standard InChI is InChI=1S/C32H42O16/c1-13(9-15-5-7-17(43-3)19(11-15)45-31-25(37)21(33)23(35)27(47-31)29(39)40)14(2)10-16-6-8-18(44-4)20(12-16)46-32-26(38)22(34)24(36)28(48-32)30(41)42/h5-8,11-14,21-28,31-38H,9-10H2,1-4H3,(H,39,40)(H,41,42)/t13-,14+,21-,22-,23-,24-,25+,26+,27-,28-,31+,32+/m0/s1. The summed E-state index contributed by atoms with van der Waals surface area (Å²) in [6, 6.07) is 10.2. The molecule has 266 valence electrons. The molecule has 2 aliphatic rings. The Kier molecular flexibility index (Phi) is 12.1. The zero-order valence-electron chi connectivity index (χ0n) is 26.7. The molecular formula is C32H42O16. The Labute approximate surface area is 275 Å². The van der Waals surface area contributed by atoms with Crippen molar-refractivity contribution in [3.05, 3.63) is 47.5 Å². The summed E-state index contributed by atoms with van der Waals surface area (Å²) in [7, 11) is 2.79. The maximum absolute atomic E-state index is 11.5. The highest BCUT2D eigenvalue weighted by Gasteiger charge is 2.49. The zero-order chi connectivity index (χ0) is 35.4. The average Bonchev–Trinajstić information content (AvgIpc) is 3.05. The van der Waals surface area contributed by atoms with Gasteiger partial charge in [0.25, 0.3) is 0 Å². The van der Waals surface area contributed by atoms with E-state index in [2.05, 4.69) is 0 Å². The molecule has 48 heavy (non-hydrogen) atoms. The van der Waals surface area contributed by atoms with E-state index in [4.69, 9.17) is 28.4 Å². The molecule has 2 fully saturated rings. The number of aliphatic carboxylic acids is 2. The summed E-state index contributed by atoms with van der Waals surface area (Å²) in [5, 5.41) is 79.8. The van der Waals surface area contributed by atoms with Gasteiger partial charge in [0.2, 0.25) is 12.6 Å². The van der Waals surface area contributed by atoms with Gasteiger partial charge in [0.15, 0.2) is 35.2 Å². The zero-order valence-corrected chi connectivity index (χ0v) is 26.7. The maximum atomic E-state index is 11.5. The van der Waals surface area contributed by atoms with Crippen molar-refractivity contribution in [2.75, 3.05) is 14.2 Å². The molecule has 2 aromatic carbocycles. The van der Waals surface area contributed by atoms with E-state index < -0.39 is 73.4 Å². The van der Waals surface area contributed by atoms with Crippen molar-refractivity contribution >= 4 is 11.9 Å². The average molecular weight is 683 g/mol. The van der Waals surface area contributed by atoms with Crippen LogP contribution in [0.4, 0.5) is 0 Å². The maximum Gasteiger partial charge on any atom is 0.335 e. The van der Waals surface area contributed by atoms with E-state index in [1.165, 1.54) is 14.2 Å². The molecule has 0 radical (unpaired) electrons. The van der Waals surface area contributed by atoms with Crippen LogP contribution in [0.3, 0.4) is 0 Å². The van der Waals surface area contributed by atoms with Gasteiger partial charge >= 0.3 is 11.9 Å². The summed E-state index contributed by atoms with van der Waals surface area (Å²) in [6.07, 6.45) is -16.6. The van der Waals surface area contributed by atoms with Gasteiger partial charge in [0.1, 0.15) is 36.6 Å². The molecular weight excluding hydrogens is 640 g/mol. The van der Waals surface area contributed by atoms with Gasteiger partial charge in [-0.15, -0.1) is 0 Å². The van der Waals surface area contributed by atoms with E-state index in [0.29, 0.717) is 12.8 Å². The first-order chi connectivity index (χ1) is 22.7. The molecule has 4 rings (SSSR count). The molecule has 0 bridgehead atoms. The fourth-order valence-corrected chi connectivity index (χ4v) is 5.58. The lowest BCUT2D eigenvalue weighted by Gasteiger charge is -2.38. The predicted molar refractivity (Wildman–Crippen MR) is 162 cm³/mol. The second kappa shape index (κ2) is 15.7. The summed E-state index contributed by atoms with van der Waals surface area (Å²) in [5.74, 6) is -2.16. The van der Waals surface area contributed by atoms with Crippen LogP contribution >= 0.6 is 0 Å². The topological polar surface area (TPSA) is 251 Å². The number of rotatable bonds is 13. The molecule has 2 heterocycles. The first-order valence-electron chi connectivity index (χ1n) is 15.2. The first kappa shape index (κ1) is 37.1. The summed E-state index contributed by atoms with van der Waals surface area (Å²) >= 11 is 0. The Hall–Kier alpha value is -3.74. The van der Waals surface area contributed by atoms with Crippen molar-refractivity contribution in [1.29, 1.82) is 0 Å². The number of methoxy groups -OCH3 is 2. The molecule has 2 saturated heterocycles. The predicted octanol–water partition coefficient (Wildman–Crippen LogP) is -0.697. The van der Waals surface area contributed by atoms with Crippen molar-refractivity contribution in [1.82, 2.24) is 0 Å². The van der Waals surface area contributed by atoms with Gasteiger partial charge in [0.05, 0.1) is 14.2 Å². The second-order valence-electron chi connectivity index (χ2n) is 12.0. The Bertz CT molecular complexity index is 1310. The number of aliphatic hydroxyl groups is 6. The summed E-state index contributed by atoms with van der Waals surface area (Å²) in [6.45, 7) is 4.06. The van der Waals surface area contributed by atoms with Gasteiger partial charge < -0.3 is 69.3 Å². The molecule has 16 nitrogen and oxygen atoms in total. The first-order valence-corrected chi connectivity index (χ1v) is 15.2. The van der Waals surface area contributed by atoms with Crippen LogP contribution in [0.25, 0.3) is 0 Å². The van der Waals surface area contributed by atoms with Crippen LogP contribution in [-0.4, -0.2) is 128 Å². The van der Waals surface area contributed by atoms with Gasteiger partial charge in [-0.05, 0) is 60.1 Å². The van der Waals surface area contributed by atoms with Crippen LogP contribution in [-0.2, 0) is 31.9 Å². The van der Waals surface area contributed by atoms with Crippen molar-refractivity contribution in [2.24, 2.45) is 11.8 Å². The molecule has 2 aliphatic heterocycles. The fourth-order valence-electron chi connectivity index (χ4n) is 5.58. The lowest BCUT2D eigenvalue weighted by Crippen LogP contribution is -2.61. The van der Waals surface area contributed by atoms with E-state index in [1.807, 2.05) is 26.0 Å². The van der Waals surface area contributed by atoms with Crippen LogP contribution < -0.4 is 18.9 Å². The van der Waals surface area contributed by atoms with Gasteiger partial charge in [-0.3, -0.25) is 0 Å². The minimum absolute atomic E-state index is 0.0686. The van der Waals surface area contributed by atoms with Crippen molar-refractivity contribution in [2.45, 2.75) is 88.1 Å². The van der Waals surface area contributed by atoms with Crippen LogP contribution in [0.1, 0.15) is 25.0 Å². The molecule has 0 aromatic heterocycles. The molecule has 0 aliphatic carbocycles. The number of hydrogen-bond acceptors (Lipinski definition) is 14. The van der Waals surface area contributed by atoms with Gasteiger partial charge in [-0.1, -0.05) is 26.0 Å². The van der Waals surface area contributed by atoms with E-state index in [1.54, 1.807) is 24.3 Å². The van der Waals surface area contributed by atoms with Crippen LogP contribution in [0.2, 0.25) is 0 Å². The summed E-state index contributed by atoms with van der Waals surface area (Å²) < 4.78 is 32.7. The second-order valence-corrected chi connectivity index (χ2v) is 12.0. The van der Waals surface area contributed by atoms with Gasteiger partial charge in [-0.25, -0.2) is 9.59 Å². The third-order valence-electron chi connectivity index (χ3n) is 8.66. The number of hydrogen-bond donors (Lipinski definition) is 8. The summed E-state index contributed by atoms with van der Waals surface area (Å²) in [5.41, 5.74) is 1.61. The lowest BCUT2D eigenvalue weighted by molar-refractivity contribution is -0.271. The molecule has 0 unspecified atom stereocenters. The minimum Gasteiger partial charge on any atom is -0.493 e. The molecule has 16 heteroatoms. The normalized spacial score (nSPS) is 31.7. The SMILES string of the molecule is COc1ccc(C[C@@H](C)[C@@H](C)Cc2ccc(OC)c(O[C@@H]3O[C@H](C(=O)O)[C@@H](O)[C@H](O)[C@H]3O)c2)cc1O[C@@H]1O[C@H](C(=O)O)[C@@H](O)[C@H](O)[C@H]1O. The van der Waals surface area contributed by atoms with E-state index >= 15 is 0 Å². The Morgan fingerprint density at radius 2 is 0.958 bits per heavy atom. The van der Waals surface area contributed by atoms with E-state index in [0.717, 1.165) is 11.1 Å². The number of carboxylic acid groups (broad SMARTS) is 2. The highest BCUT2D eigenvalue weighted by Crippen LogP contribution is 2.36. The quantitative estimate of drug-likeness (QED) is 0.130.